The van der Waals surface area contributed by atoms with Gasteiger partial charge < -0.3 is 10.2 Å². The largest absolute Gasteiger partial charge is 0.358 e. The molecule has 1 aromatic heterocycles. The normalized spacial score (nSPS) is 15.4. The summed E-state index contributed by atoms with van der Waals surface area (Å²) in [7, 11) is 7.24. The van der Waals surface area contributed by atoms with Crippen molar-refractivity contribution < 1.29 is 0 Å². The SMILES string of the molecule is CN(C)CCN1CNc2c(c(=O)n(C)c(=O)n2C)C1. The van der Waals surface area contributed by atoms with E-state index in [4.69, 9.17) is 0 Å². The molecule has 0 fully saturated rings. The number of fused-ring (bicyclic) bond motifs is 1. The van der Waals surface area contributed by atoms with Crippen LogP contribution in [0.1, 0.15) is 5.56 Å². The van der Waals surface area contributed by atoms with E-state index in [2.05, 4.69) is 15.1 Å². The minimum absolute atomic E-state index is 0.208. The van der Waals surface area contributed by atoms with E-state index in [9.17, 15) is 9.59 Å². The quantitative estimate of drug-likeness (QED) is 0.748. The van der Waals surface area contributed by atoms with E-state index in [0.717, 1.165) is 17.7 Å². The van der Waals surface area contributed by atoms with Crippen LogP contribution in [0.3, 0.4) is 0 Å². The van der Waals surface area contributed by atoms with Gasteiger partial charge in [-0.25, -0.2) is 4.79 Å². The smallest absolute Gasteiger partial charge is 0.332 e. The lowest BCUT2D eigenvalue weighted by Crippen LogP contribution is -2.47. The van der Waals surface area contributed by atoms with Gasteiger partial charge in [0.15, 0.2) is 0 Å². The van der Waals surface area contributed by atoms with Crippen LogP contribution in [0.15, 0.2) is 9.59 Å². The number of aromatic nitrogens is 2. The predicted octanol–water partition coefficient (Wildman–Crippen LogP) is -1.17. The van der Waals surface area contributed by atoms with Crippen LogP contribution in [0.2, 0.25) is 0 Å². The molecule has 106 valence electrons. The molecule has 7 nitrogen and oxygen atoms in total. The summed E-state index contributed by atoms with van der Waals surface area (Å²) in [6, 6.07) is 0. The minimum Gasteiger partial charge on any atom is -0.358 e. The molecule has 2 rings (SSSR count). The summed E-state index contributed by atoms with van der Waals surface area (Å²) < 4.78 is 2.66. The van der Waals surface area contributed by atoms with Crippen molar-refractivity contribution in [3.05, 3.63) is 26.4 Å². The molecular weight excluding hydrogens is 246 g/mol. The third-order valence-electron chi connectivity index (χ3n) is 3.47. The average molecular weight is 267 g/mol. The number of hydrogen-bond acceptors (Lipinski definition) is 5. The number of nitrogens with zero attached hydrogens (tertiary/aromatic N) is 4. The van der Waals surface area contributed by atoms with Gasteiger partial charge in [0.25, 0.3) is 5.56 Å². The Bertz CT molecular complexity index is 587. The van der Waals surface area contributed by atoms with Crippen LogP contribution in [-0.4, -0.2) is 52.8 Å². The molecule has 1 aliphatic rings. The number of rotatable bonds is 3. The molecule has 2 heterocycles. The Morgan fingerprint density at radius 3 is 2.53 bits per heavy atom. The zero-order chi connectivity index (χ0) is 14.2. The third kappa shape index (κ3) is 2.57. The summed E-state index contributed by atoms with van der Waals surface area (Å²) in [5, 5.41) is 3.17. The number of hydrogen-bond donors (Lipinski definition) is 1. The predicted molar refractivity (Wildman–Crippen MR) is 74.4 cm³/mol. The zero-order valence-corrected chi connectivity index (χ0v) is 11.9. The van der Waals surface area contributed by atoms with Crippen molar-refractivity contribution in [2.24, 2.45) is 14.1 Å². The molecule has 7 heteroatoms. The van der Waals surface area contributed by atoms with Gasteiger partial charge in [0, 0.05) is 33.7 Å². The standard InChI is InChI=1S/C12H21N5O2/c1-14(2)5-6-17-7-9-10(13-8-17)15(3)12(19)16(4)11(9)18/h13H,5-8H2,1-4H3. The second-order valence-electron chi connectivity index (χ2n) is 5.22. The molecule has 1 aromatic rings. The fourth-order valence-electron chi connectivity index (χ4n) is 2.25. The number of likely N-dealkylation sites (N-methyl/N-ethyl adjacent to an activating group) is 1. The van der Waals surface area contributed by atoms with Crippen molar-refractivity contribution in [1.29, 1.82) is 0 Å². The Morgan fingerprint density at radius 2 is 1.89 bits per heavy atom. The van der Waals surface area contributed by atoms with Crippen LogP contribution in [0.4, 0.5) is 5.82 Å². The molecule has 0 saturated carbocycles. The first-order chi connectivity index (χ1) is 8.91. The van der Waals surface area contributed by atoms with Gasteiger partial charge in [0.2, 0.25) is 0 Å². The van der Waals surface area contributed by atoms with E-state index in [1.807, 2.05) is 14.1 Å². The summed E-state index contributed by atoms with van der Waals surface area (Å²) in [5.41, 5.74) is 0.160. The summed E-state index contributed by atoms with van der Waals surface area (Å²) >= 11 is 0. The second-order valence-corrected chi connectivity index (χ2v) is 5.22. The van der Waals surface area contributed by atoms with Crippen LogP contribution in [0.25, 0.3) is 0 Å². The Hall–Kier alpha value is -1.60. The molecule has 0 spiro atoms. The monoisotopic (exact) mass is 267 g/mol. The van der Waals surface area contributed by atoms with Gasteiger partial charge >= 0.3 is 5.69 Å². The first kappa shape index (κ1) is 13.8. The Morgan fingerprint density at radius 1 is 1.21 bits per heavy atom. The van der Waals surface area contributed by atoms with Crippen LogP contribution >= 0.6 is 0 Å². The fourth-order valence-corrected chi connectivity index (χ4v) is 2.25. The molecule has 0 unspecified atom stereocenters. The lowest BCUT2D eigenvalue weighted by Gasteiger charge is -2.31. The lowest BCUT2D eigenvalue weighted by atomic mass is 10.2. The van der Waals surface area contributed by atoms with Gasteiger partial charge in [-0.2, -0.15) is 0 Å². The van der Waals surface area contributed by atoms with Gasteiger partial charge in [-0.15, -0.1) is 0 Å². The number of nitrogens with one attached hydrogen (secondary N) is 1. The van der Waals surface area contributed by atoms with E-state index in [1.54, 1.807) is 7.05 Å². The summed E-state index contributed by atoms with van der Waals surface area (Å²) in [4.78, 5) is 28.2. The molecule has 0 amide bonds. The Kier molecular flexibility index (Phi) is 3.77. The maximum atomic E-state index is 12.1. The van der Waals surface area contributed by atoms with E-state index in [-0.39, 0.29) is 11.2 Å². The first-order valence-electron chi connectivity index (χ1n) is 6.31. The maximum absolute atomic E-state index is 12.1. The fraction of sp³-hybridized carbons (Fsp3) is 0.667. The highest BCUT2D eigenvalue weighted by Gasteiger charge is 2.22. The van der Waals surface area contributed by atoms with Crippen LogP contribution in [0, 0.1) is 0 Å². The van der Waals surface area contributed by atoms with Gasteiger partial charge in [0.05, 0.1) is 12.2 Å². The highest BCUT2D eigenvalue weighted by Crippen LogP contribution is 2.16. The second kappa shape index (κ2) is 5.18. The van der Waals surface area contributed by atoms with Crippen LogP contribution in [-0.2, 0) is 20.6 Å². The van der Waals surface area contributed by atoms with Crippen LogP contribution < -0.4 is 16.6 Å². The molecular formula is C12H21N5O2. The van der Waals surface area contributed by atoms with Crippen LogP contribution in [0.5, 0.6) is 0 Å². The molecule has 0 aliphatic carbocycles. The van der Waals surface area contributed by atoms with Gasteiger partial charge in [-0.3, -0.25) is 18.8 Å². The van der Waals surface area contributed by atoms with Gasteiger partial charge in [0.1, 0.15) is 5.82 Å². The summed E-state index contributed by atoms with van der Waals surface area (Å²) in [5.74, 6) is 0.647. The van der Waals surface area contributed by atoms with E-state index in [0.29, 0.717) is 24.6 Å². The zero-order valence-electron chi connectivity index (χ0n) is 11.9. The molecule has 0 saturated heterocycles. The van der Waals surface area contributed by atoms with Crippen molar-refractivity contribution in [2.75, 3.05) is 39.2 Å². The Labute approximate surface area is 112 Å². The van der Waals surface area contributed by atoms with Crippen molar-refractivity contribution in [3.8, 4) is 0 Å². The van der Waals surface area contributed by atoms with Gasteiger partial charge in [-0.1, -0.05) is 0 Å². The number of anilines is 1. The molecule has 1 aliphatic heterocycles. The molecule has 0 bridgehead atoms. The molecule has 0 aromatic carbocycles. The average Bonchev–Trinajstić information content (AvgIpc) is 2.40. The first-order valence-corrected chi connectivity index (χ1v) is 6.31. The van der Waals surface area contributed by atoms with Crippen molar-refractivity contribution >= 4 is 5.82 Å². The van der Waals surface area contributed by atoms with Crippen molar-refractivity contribution in [1.82, 2.24) is 18.9 Å². The maximum Gasteiger partial charge on any atom is 0.332 e. The van der Waals surface area contributed by atoms with E-state index < -0.39 is 0 Å². The topological polar surface area (TPSA) is 62.5 Å². The van der Waals surface area contributed by atoms with E-state index in [1.165, 1.54) is 11.6 Å². The van der Waals surface area contributed by atoms with Crippen molar-refractivity contribution in [3.63, 3.8) is 0 Å². The lowest BCUT2D eigenvalue weighted by molar-refractivity contribution is 0.237. The highest BCUT2D eigenvalue weighted by atomic mass is 16.2. The molecule has 0 radical (unpaired) electrons. The summed E-state index contributed by atoms with van der Waals surface area (Å²) in [6.45, 7) is 3.05. The Balaban J connectivity index is 2.31. The molecule has 19 heavy (non-hydrogen) atoms. The van der Waals surface area contributed by atoms with E-state index >= 15 is 0 Å². The third-order valence-corrected chi connectivity index (χ3v) is 3.47. The highest BCUT2D eigenvalue weighted by molar-refractivity contribution is 5.45. The van der Waals surface area contributed by atoms with Crippen molar-refractivity contribution in [2.45, 2.75) is 6.54 Å². The molecule has 1 N–H and O–H groups in total. The van der Waals surface area contributed by atoms with Gasteiger partial charge in [-0.05, 0) is 14.1 Å². The minimum atomic E-state index is -0.294. The molecule has 0 atom stereocenters. The summed E-state index contributed by atoms with van der Waals surface area (Å²) in [6.07, 6.45) is 0.